The Morgan fingerprint density at radius 2 is 2.12 bits per heavy atom. The highest BCUT2D eigenvalue weighted by Gasteiger charge is 2.15. The van der Waals surface area contributed by atoms with Crippen LogP contribution in [0.3, 0.4) is 0 Å². The monoisotopic (exact) mass is 229 g/mol. The molecule has 17 heavy (non-hydrogen) atoms. The highest BCUT2D eigenvalue weighted by molar-refractivity contribution is 5.88. The Morgan fingerprint density at radius 3 is 2.76 bits per heavy atom. The molecule has 3 rings (SSSR count). The number of anilines is 1. The summed E-state index contributed by atoms with van der Waals surface area (Å²) in [5.41, 5.74) is 3.05. The van der Waals surface area contributed by atoms with Crippen LogP contribution >= 0.6 is 0 Å². The van der Waals surface area contributed by atoms with Gasteiger partial charge in [0, 0.05) is 35.9 Å². The highest BCUT2D eigenvalue weighted by atomic mass is 16.6. The fraction of sp³-hybridized carbons (Fsp3) is 0.308. The van der Waals surface area contributed by atoms with Crippen molar-refractivity contribution in [2.24, 2.45) is 5.90 Å². The van der Waals surface area contributed by atoms with Crippen molar-refractivity contribution in [3.8, 4) is 5.75 Å². The largest absolute Gasteiger partial charge is 0.411 e. The summed E-state index contributed by atoms with van der Waals surface area (Å²) in [4.78, 5) is 11.7. The number of hydrogen-bond donors (Lipinski definition) is 1. The van der Waals surface area contributed by atoms with Gasteiger partial charge in [-0.1, -0.05) is 0 Å². The van der Waals surface area contributed by atoms with Crippen molar-refractivity contribution in [2.75, 3.05) is 18.0 Å². The quantitative estimate of drug-likeness (QED) is 0.800. The lowest BCUT2D eigenvalue weighted by atomic mass is 10.1. The van der Waals surface area contributed by atoms with Crippen LogP contribution in [0.1, 0.15) is 12.1 Å². The number of pyridine rings is 1. The summed E-state index contributed by atoms with van der Waals surface area (Å²) < 4.78 is 0. The van der Waals surface area contributed by atoms with E-state index >= 15 is 0 Å². The van der Waals surface area contributed by atoms with Gasteiger partial charge in [0.1, 0.15) is 0 Å². The van der Waals surface area contributed by atoms with Gasteiger partial charge in [-0.3, -0.25) is 4.98 Å². The predicted octanol–water partition coefficient (Wildman–Crippen LogP) is 2.01. The number of nitrogens with zero attached hydrogens (tertiary/aromatic N) is 2. The van der Waals surface area contributed by atoms with E-state index in [4.69, 9.17) is 10.7 Å². The zero-order chi connectivity index (χ0) is 11.8. The number of aryl methyl sites for hydroxylation is 1. The molecule has 4 nitrogen and oxygen atoms in total. The van der Waals surface area contributed by atoms with E-state index in [2.05, 4.69) is 22.0 Å². The van der Waals surface area contributed by atoms with Gasteiger partial charge in [-0.25, -0.2) is 0 Å². The Kier molecular flexibility index (Phi) is 2.37. The number of fused-ring (bicyclic) bond motifs is 1. The first-order valence-corrected chi connectivity index (χ1v) is 5.81. The molecule has 1 aromatic carbocycles. The van der Waals surface area contributed by atoms with Crippen LogP contribution in [0.25, 0.3) is 10.9 Å². The highest BCUT2D eigenvalue weighted by Crippen LogP contribution is 2.30. The molecule has 88 valence electrons. The molecule has 0 spiro atoms. The van der Waals surface area contributed by atoms with Crippen LogP contribution < -0.4 is 15.6 Å². The normalized spacial score (nSPS) is 14.8. The van der Waals surface area contributed by atoms with Gasteiger partial charge in [0.25, 0.3) is 0 Å². The minimum Gasteiger partial charge on any atom is -0.411 e. The van der Waals surface area contributed by atoms with E-state index in [9.17, 15) is 0 Å². The molecule has 1 fully saturated rings. The summed E-state index contributed by atoms with van der Waals surface area (Å²) in [7, 11) is 0. The molecule has 0 atom stereocenters. The van der Waals surface area contributed by atoms with E-state index in [-0.39, 0.29) is 0 Å². The number of benzene rings is 1. The first-order valence-electron chi connectivity index (χ1n) is 5.81. The smallest absolute Gasteiger partial charge is 0.158 e. The topological polar surface area (TPSA) is 51.4 Å². The predicted molar refractivity (Wildman–Crippen MR) is 68.1 cm³/mol. The number of rotatable bonds is 2. The second kappa shape index (κ2) is 3.89. The average Bonchev–Trinajstić information content (AvgIpc) is 2.26. The van der Waals surface area contributed by atoms with Gasteiger partial charge in [0.15, 0.2) is 5.75 Å². The van der Waals surface area contributed by atoms with E-state index in [0.29, 0.717) is 5.75 Å². The van der Waals surface area contributed by atoms with E-state index in [1.54, 1.807) is 0 Å². The third-order valence-electron chi connectivity index (χ3n) is 3.23. The van der Waals surface area contributed by atoms with Gasteiger partial charge in [0.2, 0.25) is 0 Å². The van der Waals surface area contributed by atoms with Crippen molar-refractivity contribution >= 4 is 16.6 Å². The van der Waals surface area contributed by atoms with Crippen molar-refractivity contribution in [3.63, 3.8) is 0 Å². The second-order valence-corrected chi connectivity index (χ2v) is 4.42. The molecule has 0 aliphatic carbocycles. The van der Waals surface area contributed by atoms with Crippen molar-refractivity contribution in [3.05, 3.63) is 30.0 Å². The molecule has 0 radical (unpaired) electrons. The minimum atomic E-state index is 0.690. The van der Waals surface area contributed by atoms with Gasteiger partial charge >= 0.3 is 0 Å². The lowest BCUT2D eigenvalue weighted by Crippen LogP contribution is -2.36. The maximum absolute atomic E-state index is 5.32. The average molecular weight is 229 g/mol. The van der Waals surface area contributed by atoms with Crippen LogP contribution in [-0.4, -0.2) is 18.1 Å². The Bertz CT molecular complexity index is 564. The van der Waals surface area contributed by atoms with Gasteiger partial charge in [-0.05, 0) is 31.5 Å². The maximum Gasteiger partial charge on any atom is 0.158 e. The van der Waals surface area contributed by atoms with Crippen molar-refractivity contribution in [2.45, 2.75) is 13.3 Å². The fourth-order valence-corrected chi connectivity index (χ4v) is 2.18. The van der Waals surface area contributed by atoms with Crippen LogP contribution in [0.15, 0.2) is 24.3 Å². The van der Waals surface area contributed by atoms with Crippen LogP contribution in [0, 0.1) is 6.92 Å². The molecule has 2 N–H and O–H groups in total. The molecular formula is C13H15N3O. The van der Waals surface area contributed by atoms with Crippen LogP contribution in [0.4, 0.5) is 5.69 Å². The van der Waals surface area contributed by atoms with Gasteiger partial charge < -0.3 is 9.74 Å². The third-order valence-corrected chi connectivity index (χ3v) is 3.23. The molecule has 1 aromatic heterocycles. The first kappa shape index (κ1) is 10.4. The molecule has 0 bridgehead atoms. The molecule has 0 saturated carbocycles. The van der Waals surface area contributed by atoms with Crippen LogP contribution in [0.5, 0.6) is 5.75 Å². The molecule has 4 heteroatoms. The van der Waals surface area contributed by atoms with E-state index < -0.39 is 0 Å². The zero-order valence-electron chi connectivity index (χ0n) is 9.81. The molecular weight excluding hydrogens is 214 g/mol. The molecule has 1 saturated heterocycles. The second-order valence-electron chi connectivity index (χ2n) is 4.42. The number of hydrogen-bond acceptors (Lipinski definition) is 4. The number of aromatic nitrogens is 1. The summed E-state index contributed by atoms with van der Waals surface area (Å²) in [5.74, 6) is 6.01. The molecule has 2 heterocycles. The molecule has 2 aromatic rings. The van der Waals surface area contributed by atoms with Crippen molar-refractivity contribution in [1.82, 2.24) is 4.98 Å². The summed E-state index contributed by atoms with van der Waals surface area (Å²) in [6.07, 6.45) is 1.27. The number of nitrogens with two attached hydrogens (primary N) is 1. The summed E-state index contributed by atoms with van der Waals surface area (Å²) in [5, 5.41) is 0.975. The fourth-order valence-electron chi connectivity index (χ4n) is 2.18. The van der Waals surface area contributed by atoms with Crippen LogP contribution in [-0.2, 0) is 0 Å². The van der Waals surface area contributed by atoms with E-state index in [1.165, 1.54) is 12.1 Å². The molecule has 0 amide bonds. The lowest BCUT2D eigenvalue weighted by Gasteiger charge is -2.33. The van der Waals surface area contributed by atoms with Gasteiger partial charge in [-0.15, -0.1) is 0 Å². The van der Waals surface area contributed by atoms with Crippen molar-refractivity contribution in [1.29, 1.82) is 0 Å². The summed E-state index contributed by atoms with van der Waals surface area (Å²) in [6.45, 7) is 4.19. The van der Waals surface area contributed by atoms with E-state index in [1.807, 2.05) is 19.1 Å². The standard InChI is InChI=1S/C13H15N3O/c1-9-7-13(17-14)11-8-10(16-5-2-6-16)3-4-12(11)15-9/h3-4,7-8H,2,5-6,14H2,1H3. The Hall–Kier alpha value is -1.81. The summed E-state index contributed by atoms with van der Waals surface area (Å²) in [6, 6.07) is 8.10. The molecule has 0 unspecified atom stereocenters. The lowest BCUT2D eigenvalue weighted by molar-refractivity contribution is 0.338. The Morgan fingerprint density at radius 1 is 1.29 bits per heavy atom. The van der Waals surface area contributed by atoms with Gasteiger partial charge in [-0.2, -0.15) is 5.90 Å². The zero-order valence-corrected chi connectivity index (χ0v) is 9.81. The van der Waals surface area contributed by atoms with Crippen molar-refractivity contribution < 1.29 is 4.84 Å². The maximum atomic E-state index is 5.32. The third kappa shape index (κ3) is 1.70. The SMILES string of the molecule is Cc1cc(ON)c2cc(N3CCC3)ccc2n1. The first-order chi connectivity index (χ1) is 8.28. The molecule has 1 aliphatic rings. The van der Waals surface area contributed by atoms with Gasteiger partial charge in [0.05, 0.1) is 5.52 Å². The minimum absolute atomic E-state index is 0.690. The summed E-state index contributed by atoms with van der Waals surface area (Å²) >= 11 is 0. The Labute approximate surface area is 100.0 Å². The van der Waals surface area contributed by atoms with E-state index in [0.717, 1.165) is 29.7 Å². The van der Waals surface area contributed by atoms with Crippen LogP contribution in [0.2, 0.25) is 0 Å². The molecule has 1 aliphatic heterocycles. The Balaban J connectivity index is 2.16.